The van der Waals surface area contributed by atoms with Crippen LogP contribution in [0.25, 0.3) is 0 Å². The van der Waals surface area contributed by atoms with Gasteiger partial charge in [0.05, 0.1) is 29.8 Å². The van der Waals surface area contributed by atoms with Crippen LogP contribution in [0, 0.1) is 4.91 Å². The summed E-state index contributed by atoms with van der Waals surface area (Å²) in [5.74, 6) is -0.0709. The predicted octanol–water partition coefficient (Wildman–Crippen LogP) is 3.36. The molecule has 1 aliphatic heterocycles. The highest BCUT2D eigenvalue weighted by molar-refractivity contribution is 5.77. The molecule has 3 rings (SSSR count). The van der Waals surface area contributed by atoms with Gasteiger partial charge in [-0.25, -0.2) is 5.01 Å². The van der Waals surface area contributed by atoms with Crippen LogP contribution in [-0.2, 0) is 4.79 Å². The summed E-state index contributed by atoms with van der Waals surface area (Å²) in [6.45, 7) is 1.90. The van der Waals surface area contributed by atoms with E-state index in [9.17, 15) is 9.70 Å². The maximum absolute atomic E-state index is 12.2. The molecular weight excluding hydrogens is 290 g/mol. The van der Waals surface area contributed by atoms with Gasteiger partial charge in [-0.05, 0) is 18.1 Å². The Bertz CT molecular complexity index is 675. The first kappa shape index (κ1) is 15.2. The number of benzene rings is 2. The van der Waals surface area contributed by atoms with Crippen molar-refractivity contribution in [2.75, 3.05) is 0 Å². The molecule has 1 fully saturated rings. The van der Waals surface area contributed by atoms with E-state index in [1.807, 2.05) is 67.6 Å². The third-order valence-corrected chi connectivity index (χ3v) is 4.27. The number of hydrogen-bond acceptors (Lipinski definition) is 3. The Morgan fingerprint density at radius 2 is 1.57 bits per heavy atom. The van der Waals surface area contributed by atoms with Crippen LogP contribution in [0.15, 0.2) is 65.9 Å². The average Bonchev–Trinajstić information content (AvgIpc) is 2.71. The second-order valence-electron chi connectivity index (χ2n) is 5.80. The number of nitrogens with zero attached hydrogens (tertiary/aromatic N) is 2. The molecule has 2 aromatic rings. The van der Waals surface area contributed by atoms with Crippen LogP contribution >= 0.6 is 0 Å². The highest BCUT2D eigenvalue weighted by Crippen LogP contribution is 2.37. The van der Waals surface area contributed by atoms with Crippen molar-refractivity contribution in [3.8, 4) is 0 Å². The van der Waals surface area contributed by atoms with Crippen molar-refractivity contribution >= 4 is 5.91 Å². The molecule has 1 heterocycles. The Hall–Kier alpha value is -2.69. The van der Waals surface area contributed by atoms with Gasteiger partial charge in [-0.15, -0.1) is 4.91 Å². The fraction of sp³-hybridized carbons (Fsp3) is 0.278. The Balaban J connectivity index is 2.06. The molecule has 0 aromatic heterocycles. The monoisotopic (exact) mass is 309 g/mol. The first-order valence-corrected chi connectivity index (χ1v) is 7.71. The van der Waals surface area contributed by atoms with Gasteiger partial charge in [0, 0.05) is 0 Å². The summed E-state index contributed by atoms with van der Waals surface area (Å²) in [5.41, 5.74) is 1.88. The van der Waals surface area contributed by atoms with E-state index in [0.717, 1.165) is 11.1 Å². The van der Waals surface area contributed by atoms with Gasteiger partial charge >= 0.3 is 0 Å². The minimum Gasteiger partial charge on any atom is -0.351 e. The molecule has 118 valence electrons. The Labute approximate surface area is 135 Å². The Kier molecular flexibility index (Phi) is 4.37. The molecule has 5 heteroatoms. The van der Waals surface area contributed by atoms with Crippen LogP contribution in [0.3, 0.4) is 0 Å². The van der Waals surface area contributed by atoms with Gasteiger partial charge in [-0.2, -0.15) is 0 Å². The normalized spacial score (nSPS) is 24.7. The minimum absolute atomic E-state index is 0.0709. The van der Waals surface area contributed by atoms with Crippen LogP contribution in [0.1, 0.15) is 36.6 Å². The van der Waals surface area contributed by atoms with Crippen molar-refractivity contribution < 1.29 is 4.79 Å². The molecule has 1 saturated heterocycles. The van der Waals surface area contributed by atoms with Gasteiger partial charge in [0.15, 0.2) is 0 Å². The fourth-order valence-electron chi connectivity index (χ4n) is 3.23. The van der Waals surface area contributed by atoms with Crippen LogP contribution in [0.4, 0.5) is 0 Å². The van der Waals surface area contributed by atoms with Crippen molar-refractivity contribution in [3.05, 3.63) is 76.7 Å². The summed E-state index contributed by atoms with van der Waals surface area (Å²) in [4.78, 5) is 23.9. The summed E-state index contributed by atoms with van der Waals surface area (Å²) in [7, 11) is 0. The molecule has 0 radical (unpaired) electrons. The molecule has 0 saturated carbocycles. The molecule has 0 unspecified atom stereocenters. The van der Waals surface area contributed by atoms with Gasteiger partial charge < -0.3 is 5.32 Å². The molecule has 1 amide bonds. The van der Waals surface area contributed by atoms with Crippen molar-refractivity contribution in [3.63, 3.8) is 0 Å². The van der Waals surface area contributed by atoms with E-state index in [1.165, 1.54) is 5.01 Å². The molecule has 3 atom stereocenters. The van der Waals surface area contributed by atoms with Gasteiger partial charge in [0.1, 0.15) is 0 Å². The molecule has 1 N–H and O–H groups in total. The maximum atomic E-state index is 12.2. The van der Waals surface area contributed by atoms with E-state index in [1.54, 1.807) is 0 Å². The molecule has 2 aromatic carbocycles. The zero-order valence-corrected chi connectivity index (χ0v) is 12.9. The number of nitrogens with one attached hydrogen (secondary N) is 1. The highest BCUT2D eigenvalue weighted by Gasteiger charge is 2.37. The van der Waals surface area contributed by atoms with Crippen LogP contribution in [-0.4, -0.2) is 17.0 Å². The standard InChI is InChI=1S/C18H19N3O2/c1-13-18(15-10-6-3-7-11-15)21(20-23)16(12-17(22)19-13)14-8-4-2-5-9-14/h2-11,13,16,18H,12H2,1H3,(H,19,22)/t13-,16+,18-/m1/s1. The smallest absolute Gasteiger partial charge is 0.222 e. The number of amides is 1. The van der Waals surface area contributed by atoms with Gasteiger partial charge in [-0.1, -0.05) is 60.7 Å². The Morgan fingerprint density at radius 1 is 1.00 bits per heavy atom. The van der Waals surface area contributed by atoms with Crippen molar-refractivity contribution in [2.24, 2.45) is 5.29 Å². The molecular formula is C18H19N3O2. The second-order valence-corrected chi connectivity index (χ2v) is 5.80. The summed E-state index contributed by atoms with van der Waals surface area (Å²) in [6, 6.07) is 18.4. The lowest BCUT2D eigenvalue weighted by molar-refractivity contribution is -0.121. The first-order valence-electron chi connectivity index (χ1n) is 7.71. The highest BCUT2D eigenvalue weighted by atomic mass is 16.3. The zero-order valence-electron chi connectivity index (χ0n) is 12.9. The zero-order chi connectivity index (χ0) is 16.2. The molecule has 23 heavy (non-hydrogen) atoms. The molecule has 0 bridgehead atoms. The van der Waals surface area contributed by atoms with E-state index in [4.69, 9.17) is 0 Å². The summed E-state index contributed by atoms with van der Waals surface area (Å²) >= 11 is 0. The average molecular weight is 309 g/mol. The van der Waals surface area contributed by atoms with Crippen LogP contribution < -0.4 is 5.32 Å². The lowest BCUT2D eigenvalue weighted by atomic mass is 9.97. The maximum Gasteiger partial charge on any atom is 0.222 e. The molecule has 1 aliphatic rings. The number of nitroso groups, excluding NO2 is 1. The van der Waals surface area contributed by atoms with Gasteiger partial charge in [0.25, 0.3) is 0 Å². The summed E-state index contributed by atoms with van der Waals surface area (Å²) in [6.07, 6.45) is 0.212. The van der Waals surface area contributed by atoms with Crippen molar-refractivity contribution in [2.45, 2.75) is 31.5 Å². The lowest BCUT2D eigenvalue weighted by Gasteiger charge is -2.33. The quantitative estimate of drug-likeness (QED) is 0.884. The lowest BCUT2D eigenvalue weighted by Crippen LogP contribution is -2.38. The van der Waals surface area contributed by atoms with E-state index >= 15 is 0 Å². The largest absolute Gasteiger partial charge is 0.351 e. The van der Waals surface area contributed by atoms with Crippen molar-refractivity contribution in [1.82, 2.24) is 10.3 Å². The summed E-state index contributed by atoms with van der Waals surface area (Å²) in [5, 5.41) is 7.80. The third-order valence-electron chi connectivity index (χ3n) is 4.27. The number of carbonyl (C=O) groups is 1. The van der Waals surface area contributed by atoms with Crippen molar-refractivity contribution in [1.29, 1.82) is 0 Å². The van der Waals surface area contributed by atoms with Crippen LogP contribution in [0.5, 0.6) is 0 Å². The van der Waals surface area contributed by atoms with Gasteiger partial charge in [0.2, 0.25) is 5.91 Å². The van der Waals surface area contributed by atoms with E-state index in [0.29, 0.717) is 0 Å². The van der Waals surface area contributed by atoms with Crippen LogP contribution in [0.2, 0.25) is 0 Å². The number of rotatable bonds is 3. The molecule has 0 aliphatic carbocycles. The predicted molar refractivity (Wildman–Crippen MR) is 88.2 cm³/mol. The van der Waals surface area contributed by atoms with E-state index in [2.05, 4.69) is 10.6 Å². The van der Waals surface area contributed by atoms with Gasteiger partial charge in [-0.3, -0.25) is 4.79 Å². The topological polar surface area (TPSA) is 61.8 Å². The second kappa shape index (κ2) is 6.60. The Morgan fingerprint density at radius 3 is 2.13 bits per heavy atom. The fourth-order valence-corrected chi connectivity index (χ4v) is 3.23. The molecule has 0 spiro atoms. The van der Waals surface area contributed by atoms with E-state index < -0.39 is 0 Å². The SMILES string of the molecule is C[C@H]1NC(=O)C[C@@H](c2ccccc2)N(N=O)[C@H]1c1ccccc1. The first-order chi connectivity index (χ1) is 11.2. The number of hydrogen-bond donors (Lipinski definition) is 1. The third kappa shape index (κ3) is 3.08. The minimum atomic E-state index is -0.371. The summed E-state index contributed by atoms with van der Waals surface area (Å²) < 4.78 is 0. The molecule has 5 nitrogen and oxygen atoms in total. The number of carbonyl (C=O) groups excluding carboxylic acids is 1. The van der Waals surface area contributed by atoms with E-state index in [-0.39, 0.29) is 30.5 Å².